The Labute approximate surface area is 138 Å². The van der Waals surface area contributed by atoms with E-state index in [1.807, 2.05) is 6.92 Å². The Bertz CT molecular complexity index is 696. The van der Waals surface area contributed by atoms with Crippen molar-refractivity contribution in [1.29, 1.82) is 0 Å². The maximum absolute atomic E-state index is 11.4. The molecule has 2 aromatic rings. The molecular formula is C16H13Cl3O2. The van der Waals surface area contributed by atoms with Crippen LogP contribution in [0.1, 0.15) is 24.2 Å². The molecule has 110 valence electrons. The molecule has 0 saturated heterocycles. The van der Waals surface area contributed by atoms with E-state index in [1.165, 1.54) is 6.92 Å². The number of rotatable bonds is 4. The number of hydrogen-bond acceptors (Lipinski definition) is 2. The highest BCUT2D eigenvalue weighted by atomic mass is 35.5. The quantitative estimate of drug-likeness (QED) is 0.644. The minimum Gasteiger partial charge on any atom is -0.492 e. The number of hydrogen-bond donors (Lipinski definition) is 0. The summed E-state index contributed by atoms with van der Waals surface area (Å²) in [6.07, 6.45) is 0. The van der Waals surface area contributed by atoms with Gasteiger partial charge in [0, 0.05) is 17.2 Å². The fourth-order valence-corrected chi connectivity index (χ4v) is 2.78. The Hall–Kier alpha value is -1.22. The van der Waals surface area contributed by atoms with Crippen molar-refractivity contribution in [2.75, 3.05) is 6.61 Å². The SMILES string of the molecule is CCOc1cc(Cl)c(-c2ccc(C(C)=O)c(Cl)c2)cc1Cl. The molecule has 0 radical (unpaired) electrons. The summed E-state index contributed by atoms with van der Waals surface area (Å²) in [5.41, 5.74) is 2.01. The van der Waals surface area contributed by atoms with Crippen LogP contribution in [0.2, 0.25) is 15.1 Å². The number of benzene rings is 2. The summed E-state index contributed by atoms with van der Waals surface area (Å²) in [6.45, 7) is 3.86. The van der Waals surface area contributed by atoms with Crippen molar-refractivity contribution in [3.05, 3.63) is 51.0 Å². The Kier molecular flexibility index (Phi) is 5.15. The van der Waals surface area contributed by atoms with Gasteiger partial charge in [-0.2, -0.15) is 0 Å². The molecule has 0 unspecified atom stereocenters. The second kappa shape index (κ2) is 6.69. The van der Waals surface area contributed by atoms with Crippen LogP contribution in [0.3, 0.4) is 0 Å². The fraction of sp³-hybridized carbons (Fsp3) is 0.188. The van der Waals surface area contributed by atoms with E-state index < -0.39 is 0 Å². The van der Waals surface area contributed by atoms with Crippen LogP contribution in [-0.4, -0.2) is 12.4 Å². The molecule has 0 heterocycles. The summed E-state index contributed by atoms with van der Waals surface area (Å²) in [5, 5.41) is 1.37. The molecule has 2 aromatic carbocycles. The molecule has 5 heteroatoms. The van der Waals surface area contributed by atoms with E-state index in [4.69, 9.17) is 39.5 Å². The lowest BCUT2D eigenvalue weighted by atomic mass is 10.0. The van der Waals surface area contributed by atoms with Crippen molar-refractivity contribution in [2.45, 2.75) is 13.8 Å². The van der Waals surface area contributed by atoms with Gasteiger partial charge in [0.25, 0.3) is 0 Å². The minimum absolute atomic E-state index is 0.0811. The van der Waals surface area contributed by atoms with Crippen molar-refractivity contribution in [2.24, 2.45) is 0 Å². The van der Waals surface area contributed by atoms with Gasteiger partial charge in [-0.1, -0.05) is 40.9 Å². The van der Waals surface area contributed by atoms with E-state index in [0.717, 1.165) is 11.1 Å². The zero-order valence-corrected chi connectivity index (χ0v) is 13.8. The van der Waals surface area contributed by atoms with Gasteiger partial charge in [-0.3, -0.25) is 4.79 Å². The molecule has 0 saturated carbocycles. The van der Waals surface area contributed by atoms with E-state index in [1.54, 1.807) is 30.3 Å². The molecule has 0 fully saturated rings. The number of halogens is 3. The third kappa shape index (κ3) is 3.52. The van der Waals surface area contributed by atoms with Gasteiger partial charge in [-0.25, -0.2) is 0 Å². The van der Waals surface area contributed by atoms with Crippen molar-refractivity contribution >= 4 is 40.6 Å². The van der Waals surface area contributed by atoms with Gasteiger partial charge in [-0.05, 0) is 37.6 Å². The number of ether oxygens (including phenoxy) is 1. The fourth-order valence-electron chi connectivity index (χ4n) is 1.98. The van der Waals surface area contributed by atoms with Gasteiger partial charge in [0.1, 0.15) is 5.75 Å². The Morgan fingerprint density at radius 2 is 1.76 bits per heavy atom. The maximum atomic E-state index is 11.4. The monoisotopic (exact) mass is 342 g/mol. The van der Waals surface area contributed by atoms with E-state index in [-0.39, 0.29) is 5.78 Å². The summed E-state index contributed by atoms with van der Waals surface area (Å²) in [7, 11) is 0. The first-order valence-electron chi connectivity index (χ1n) is 6.36. The number of carbonyl (C=O) groups is 1. The molecule has 0 spiro atoms. The zero-order chi connectivity index (χ0) is 15.6. The maximum Gasteiger partial charge on any atom is 0.161 e. The van der Waals surface area contributed by atoms with Crippen LogP contribution in [0.15, 0.2) is 30.3 Å². The molecular weight excluding hydrogens is 331 g/mol. The molecule has 0 aliphatic heterocycles. The molecule has 0 aliphatic carbocycles. The molecule has 21 heavy (non-hydrogen) atoms. The highest BCUT2D eigenvalue weighted by Crippen LogP contribution is 2.38. The highest BCUT2D eigenvalue weighted by molar-refractivity contribution is 6.37. The summed E-state index contributed by atoms with van der Waals surface area (Å²) < 4.78 is 5.40. The Balaban J connectivity index is 2.49. The molecule has 0 amide bonds. The van der Waals surface area contributed by atoms with Crippen LogP contribution in [0.4, 0.5) is 0 Å². The van der Waals surface area contributed by atoms with Crippen LogP contribution < -0.4 is 4.74 Å². The lowest BCUT2D eigenvalue weighted by Gasteiger charge is -2.11. The van der Waals surface area contributed by atoms with Crippen LogP contribution >= 0.6 is 34.8 Å². The minimum atomic E-state index is -0.0811. The van der Waals surface area contributed by atoms with Crippen LogP contribution in [0, 0.1) is 0 Å². The first-order chi connectivity index (χ1) is 9.93. The molecule has 0 aromatic heterocycles. The topological polar surface area (TPSA) is 26.3 Å². The van der Waals surface area contributed by atoms with Gasteiger partial charge in [0.15, 0.2) is 5.78 Å². The van der Waals surface area contributed by atoms with E-state index in [0.29, 0.717) is 33.0 Å². The van der Waals surface area contributed by atoms with Crippen molar-refractivity contribution < 1.29 is 9.53 Å². The molecule has 2 nitrogen and oxygen atoms in total. The first kappa shape index (κ1) is 16.2. The third-order valence-electron chi connectivity index (χ3n) is 2.98. The van der Waals surface area contributed by atoms with Gasteiger partial charge in [-0.15, -0.1) is 0 Å². The first-order valence-corrected chi connectivity index (χ1v) is 7.50. The average Bonchev–Trinajstić information content (AvgIpc) is 2.42. The molecule has 0 N–H and O–H groups in total. The normalized spacial score (nSPS) is 10.5. The van der Waals surface area contributed by atoms with Crippen LogP contribution in [0.5, 0.6) is 5.75 Å². The van der Waals surface area contributed by atoms with Gasteiger partial charge in [0.05, 0.1) is 21.7 Å². The Morgan fingerprint density at radius 1 is 1.05 bits per heavy atom. The smallest absolute Gasteiger partial charge is 0.161 e. The number of Topliss-reactive ketones (excluding diaryl/α,β-unsaturated/α-hetero) is 1. The van der Waals surface area contributed by atoms with Gasteiger partial charge < -0.3 is 4.74 Å². The molecule has 2 rings (SSSR count). The lowest BCUT2D eigenvalue weighted by molar-refractivity contribution is 0.101. The summed E-state index contributed by atoms with van der Waals surface area (Å²) in [6, 6.07) is 8.58. The van der Waals surface area contributed by atoms with Crippen molar-refractivity contribution in [3.63, 3.8) is 0 Å². The second-order valence-corrected chi connectivity index (χ2v) is 5.67. The number of ketones is 1. The summed E-state index contributed by atoms with van der Waals surface area (Å²) in [4.78, 5) is 11.4. The standard InChI is InChI=1S/C16H13Cl3O2/c1-3-21-16-8-14(18)12(7-15(16)19)10-4-5-11(9(2)20)13(17)6-10/h4-8H,3H2,1-2H3. The van der Waals surface area contributed by atoms with E-state index >= 15 is 0 Å². The van der Waals surface area contributed by atoms with Crippen molar-refractivity contribution in [3.8, 4) is 16.9 Å². The summed E-state index contributed by atoms with van der Waals surface area (Å²) in [5.74, 6) is 0.460. The lowest BCUT2D eigenvalue weighted by Crippen LogP contribution is -1.95. The predicted octanol–water partition coefficient (Wildman–Crippen LogP) is 5.92. The average molecular weight is 344 g/mol. The zero-order valence-electron chi connectivity index (χ0n) is 11.5. The molecule has 0 aliphatic rings. The second-order valence-electron chi connectivity index (χ2n) is 4.45. The molecule has 0 atom stereocenters. The number of carbonyl (C=O) groups excluding carboxylic acids is 1. The third-order valence-corrected chi connectivity index (χ3v) is 3.90. The van der Waals surface area contributed by atoms with Crippen LogP contribution in [0.25, 0.3) is 11.1 Å². The van der Waals surface area contributed by atoms with Crippen LogP contribution in [-0.2, 0) is 0 Å². The summed E-state index contributed by atoms with van der Waals surface area (Å²) >= 11 is 18.6. The molecule has 0 bridgehead atoms. The van der Waals surface area contributed by atoms with Gasteiger partial charge in [0.2, 0.25) is 0 Å². The largest absolute Gasteiger partial charge is 0.492 e. The highest BCUT2D eigenvalue weighted by Gasteiger charge is 2.12. The van der Waals surface area contributed by atoms with E-state index in [2.05, 4.69) is 0 Å². The Morgan fingerprint density at radius 3 is 2.33 bits per heavy atom. The van der Waals surface area contributed by atoms with Gasteiger partial charge >= 0.3 is 0 Å². The van der Waals surface area contributed by atoms with E-state index in [9.17, 15) is 4.79 Å². The van der Waals surface area contributed by atoms with Crippen molar-refractivity contribution in [1.82, 2.24) is 0 Å². The predicted molar refractivity (Wildman–Crippen MR) is 88.1 cm³/mol.